The Morgan fingerprint density at radius 3 is 2.45 bits per heavy atom. The van der Waals surface area contributed by atoms with E-state index in [1.54, 1.807) is 66.6 Å². The molecular formula is C24H22N2O6S. The lowest BCUT2D eigenvalue weighted by atomic mass is 10.2. The number of ether oxygens (including phenoxy) is 2. The van der Waals surface area contributed by atoms with Crippen molar-refractivity contribution < 1.29 is 28.7 Å². The first-order chi connectivity index (χ1) is 15.9. The Labute approximate surface area is 195 Å². The number of nitrogens with zero attached hydrogens (tertiary/aromatic N) is 2. The van der Waals surface area contributed by atoms with Gasteiger partial charge in [-0.05, 0) is 72.6 Å². The van der Waals surface area contributed by atoms with E-state index in [-0.39, 0.29) is 17.4 Å². The molecule has 0 aromatic heterocycles. The first kappa shape index (κ1) is 22.6. The van der Waals surface area contributed by atoms with Gasteiger partial charge in [0.05, 0.1) is 17.6 Å². The van der Waals surface area contributed by atoms with Crippen LogP contribution in [0.2, 0.25) is 0 Å². The molecule has 0 unspecified atom stereocenters. The monoisotopic (exact) mass is 466 g/mol. The van der Waals surface area contributed by atoms with Gasteiger partial charge in [0.15, 0.2) is 0 Å². The van der Waals surface area contributed by atoms with Crippen LogP contribution >= 0.6 is 11.8 Å². The summed E-state index contributed by atoms with van der Waals surface area (Å²) in [6.45, 7) is 1.07. The van der Waals surface area contributed by atoms with E-state index in [0.717, 1.165) is 29.5 Å². The molecule has 0 saturated carbocycles. The van der Waals surface area contributed by atoms with Gasteiger partial charge in [0.25, 0.3) is 11.1 Å². The van der Waals surface area contributed by atoms with Gasteiger partial charge in [0.2, 0.25) is 5.91 Å². The van der Waals surface area contributed by atoms with E-state index in [4.69, 9.17) is 9.47 Å². The zero-order valence-corrected chi connectivity index (χ0v) is 18.8. The summed E-state index contributed by atoms with van der Waals surface area (Å²) in [7, 11) is 1.54. The zero-order chi connectivity index (χ0) is 23.4. The lowest BCUT2D eigenvalue weighted by Crippen LogP contribution is -2.40. The summed E-state index contributed by atoms with van der Waals surface area (Å²) in [6, 6.07) is 13.2. The fraction of sp³-hybridized carbons (Fsp3) is 0.250. The third kappa shape index (κ3) is 5.25. The SMILES string of the molecule is COc1ccc(C(=O)Oc2cccc(/C=C3\SC(=O)N(CC(=O)N4CCCC4)C3=O)c2)cc1. The van der Waals surface area contributed by atoms with Crippen LogP contribution in [0.1, 0.15) is 28.8 Å². The number of likely N-dealkylation sites (tertiary alicyclic amines) is 1. The van der Waals surface area contributed by atoms with Crippen molar-refractivity contribution in [3.8, 4) is 11.5 Å². The predicted molar refractivity (Wildman–Crippen MR) is 123 cm³/mol. The van der Waals surface area contributed by atoms with Gasteiger partial charge in [0, 0.05) is 13.1 Å². The minimum atomic E-state index is -0.532. The van der Waals surface area contributed by atoms with Crippen LogP contribution in [0.4, 0.5) is 4.79 Å². The topological polar surface area (TPSA) is 93.2 Å². The molecule has 2 aromatic rings. The van der Waals surface area contributed by atoms with Gasteiger partial charge < -0.3 is 14.4 Å². The molecule has 0 bridgehead atoms. The van der Waals surface area contributed by atoms with Gasteiger partial charge in [0.1, 0.15) is 18.0 Å². The Morgan fingerprint density at radius 2 is 1.76 bits per heavy atom. The molecule has 2 heterocycles. The highest BCUT2D eigenvalue weighted by atomic mass is 32.2. The zero-order valence-electron chi connectivity index (χ0n) is 18.0. The van der Waals surface area contributed by atoms with Gasteiger partial charge >= 0.3 is 5.97 Å². The number of methoxy groups -OCH3 is 1. The largest absolute Gasteiger partial charge is 0.497 e. The molecule has 0 radical (unpaired) electrons. The van der Waals surface area contributed by atoms with Gasteiger partial charge in [-0.25, -0.2) is 4.79 Å². The Hall–Kier alpha value is -3.59. The van der Waals surface area contributed by atoms with Crippen LogP contribution in [0.15, 0.2) is 53.4 Å². The van der Waals surface area contributed by atoms with Crippen LogP contribution in [0, 0.1) is 0 Å². The number of hydrogen-bond donors (Lipinski definition) is 0. The quantitative estimate of drug-likeness (QED) is 0.365. The number of esters is 1. The van der Waals surface area contributed by atoms with Crippen LogP contribution < -0.4 is 9.47 Å². The van der Waals surface area contributed by atoms with Crippen molar-refractivity contribution in [2.24, 2.45) is 0 Å². The van der Waals surface area contributed by atoms with Crippen molar-refractivity contribution in [3.05, 3.63) is 64.6 Å². The molecule has 2 aliphatic heterocycles. The second-order valence-corrected chi connectivity index (χ2v) is 8.54. The van der Waals surface area contributed by atoms with Gasteiger partial charge in [-0.15, -0.1) is 0 Å². The highest BCUT2D eigenvalue weighted by Crippen LogP contribution is 2.32. The van der Waals surface area contributed by atoms with Gasteiger partial charge in [-0.3, -0.25) is 19.3 Å². The number of hydrogen-bond acceptors (Lipinski definition) is 7. The third-order valence-electron chi connectivity index (χ3n) is 5.32. The minimum absolute atomic E-state index is 0.216. The fourth-order valence-electron chi connectivity index (χ4n) is 3.55. The van der Waals surface area contributed by atoms with Crippen LogP contribution in [-0.2, 0) is 9.59 Å². The number of thioether (sulfide) groups is 1. The molecule has 0 spiro atoms. The van der Waals surface area contributed by atoms with E-state index < -0.39 is 17.1 Å². The summed E-state index contributed by atoms with van der Waals surface area (Å²) in [5, 5.41) is -0.471. The third-order valence-corrected chi connectivity index (χ3v) is 6.23. The molecule has 2 fully saturated rings. The Morgan fingerprint density at radius 1 is 1.03 bits per heavy atom. The van der Waals surface area contributed by atoms with Crippen LogP contribution in [-0.4, -0.2) is 59.6 Å². The molecule has 0 aliphatic carbocycles. The molecule has 2 aromatic carbocycles. The second kappa shape index (κ2) is 9.91. The first-order valence-corrected chi connectivity index (χ1v) is 11.3. The van der Waals surface area contributed by atoms with E-state index in [9.17, 15) is 19.2 Å². The summed E-state index contributed by atoms with van der Waals surface area (Å²) in [5.74, 6) is -0.324. The Balaban J connectivity index is 1.43. The van der Waals surface area contributed by atoms with E-state index >= 15 is 0 Å². The maximum absolute atomic E-state index is 12.7. The van der Waals surface area contributed by atoms with Crippen LogP contribution in [0.3, 0.4) is 0 Å². The summed E-state index contributed by atoms with van der Waals surface area (Å²) in [5.41, 5.74) is 0.955. The molecule has 2 aliphatic rings. The van der Waals surface area contributed by atoms with Crippen molar-refractivity contribution in [3.63, 3.8) is 0 Å². The lowest BCUT2D eigenvalue weighted by Gasteiger charge is -2.18. The maximum Gasteiger partial charge on any atom is 0.343 e. The highest BCUT2D eigenvalue weighted by Gasteiger charge is 2.37. The van der Waals surface area contributed by atoms with Gasteiger partial charge in [-0.1, -0.05) is 12.1 Å². The molecule has 33 heavy (non-hydrogen) atoms. The summed E-state index contributed by atoms with van der Waals surface area (Å²) in [6.07, 6.45) is 3.43. The van der Waals surface area contributed by atoms with Crippen LogP contribution in [0.25, 0.3) is 6.08 Å². The second-order valence-electron chi connectivity index (χ2n) is 7.55. The van der Waals surface area contributed by atoms with E-state index in [0.29, 0.717) is 35.7 Å². The number of imide groups is 1. The molecule has 0 N–H and O–H groups in total. The molecule has 0 atom stereocenters. The molecule has 4 rings (SSSR count). The summed E-state index contributed by atoms with van der Waals surface area (Å²) in [4.78, 5) is 52.7. The fourth-order valence-corrected chi connectivity index (χ4v) is 4.39. The average Bonchev–Trinajstić information content (AvgIpc) is 3.44. The van der Waals surface area contributed by atoms with E-state index in [1.165, 1.54) is 0 Å². The van der Waals surface area contributed by atoms with Crippen molar-refractivity contribution in [1.82, 2.24) is 9.80 Å². The number of carbonyl (C=O) groups is 4. The van der Waals surface area contributed by atoms with E-state index in [2.05, 4.69) is 0 Å². The highest BCUT2D eigenvalue weighted by molar-refractivity contribution is 8.18. The van der Waals surface area contributed by atoms with Crippen molar-refractivity contribution in [1.29, 1.82) is 0 Å². The van der Waals surface area contributed by atoms with Crippen molar-refractivity contribution in [2.45, 2.75) is 12.8 Å². The Bertz CT molecular complexity index is 1120. The number of carbonyl (C=O) groups excluding carboxylic acids is 4. The minimum Gasteiger partial charge on any atom is -0.497 e. The first-order valence-electron chi connectivity index (χ1n) is 10.4. The Kier molecular flexibility index (Phi) is 6.79. The average molecular weight is 467 g/mol. The predicted octanol–water partition coefficient (Wildman–Crippen LogP) is 3.57. The number of benzene rings is 2. The van der Waals surface area contributed by atoms with Crippen LogP contribution in [0.5, 0.6) is 11.5 Å². The molecule has 2 saturated heterocycles. The van der Waals surface area contributed by atoms with Crippen molar-refractivity contribution in [2.75, 3.05) is 26.7 Å². The summed E-state index contributed by atoms with van der Waals surface area (Å²) >= 11 is 0.789. The van der Waals surface area contributed by atoms with E-state index in [1.807, 2.05) is 0 Å². The molecule has 9 heteroatoms. The maximum atomic E-state index is 12.7. The normalized spacial score (nSPS) is 17.1. The molecule has 8 nitrogen and oxygen atoms in total. The summed E-state index contributed by atoms with van der Waals surface area (Å²) < 4.78 is 10.5. The number of amides is 3. The lowest BCUT2D eigenvalue weighted by molar-refractivity contribution is -0.135. The number of rotatable bonds is 6. The van der Waals surface area contributed by atoms with Gasteiger partial charge in [-0.2, -0.15) is 0 Å². The smallest absolute Gasteiger partial charge is 0.343 e. The molecule has 170 valence electrons. The standard InChI is InChI=1S/C24H22N2O6S/c1-31-18-9-7-17(8-10-18)23(29)32-19-6-4-5-16(13-19)14-20-22(28)26(24(30)33-20)15-21(27)25-11-2-3-12-25/h4-10,13-14H,2-3,11-12,15H2,1H3/b20-14-. The molecule has 3 amide bonds. The van der Waals surface area contributed by atoms with Crippen molar-refractivity contribution >= 4 is 40.9 Å². The molecular weight excluding hydrogens is 444 g/mol.